The van der Waals surface area contributed by atoms with Gasteiger partial charge in [0.05, 0.1) is 0 Å². The second-order valence-corrected chi connectivity index (χ2v) is 5.07. The highest BCUT2D eigenvalue weighted by Gasteiger charge is 2.30. The van der Waals surface area contributed by atoms with Crippen LogP contribution in [0.3, 0.4) is 0 Å². The van der Waals surface area contributed by atoms with Crippen molar-refractivity contribution in [2.45, 2.75) is 52.2 Å². The molecule has 0 amide bonds. The van der Waals surface area contributed by atoms with Gasteiger partial charge in [-0.2, -0.15) is 0 Å². The molecule has 3 atom stereocenters. The lowest BCUT2D eigenvalue weighted by atomic mass is 9.96. The minimum absolute atomic E-state index is 0.506. The molecule has 15 heavy (non-hydrogen) atoms. The van der Waals surface area contributed by atoms with Gasteiger partial charge in [-0.25, -0.2) is 0 Å². The van der Waals surface area contributed by atoms with E-state index >= 15 is 0 Å². The van der Waals surface area contributed by atoms with Crippen molar-refractivity contribution in [3.63, 3.8) is 0 Å². The number of rotatable bonds is 3. The maximum atomic E-state index is 5.40. The van der Waals surface area contributed by atoms with Crippen molar-refractivity contribution in [1.82, 2.24) is 10.2 Å². The van der Waals surface area contributed by atoms with Crippen molar-refractivity contribution in [1.29, 1.82) is 0 Å². The number of terminal acetylenes is 1. The highest BCUT2D eigenvalue weighted by atomic mass is 15.3. The number of nitrogens with one attached hydrogen (secondary N) is 1. The van der Waals surface area contributed by atoms with E-state index in [-0.39, 0.29) is 0 Å². The summed E-state index contributed by atoms with van der Waals surface area (Å²) >= 11 is 0. The van der Waals surface area contributed by atoms with Gasteiger partial charge in [0.2, 0.25) is 0 Å². The molecule has 0 radical (unpaired) electrons. The van der Waals surface area contributed by atoms with Gasteiger partial charge in [0.1, 0.15) is 0 Å². The van der Waals surface area contributed by atoms with E-state index in [1.807, 2.05) is 0 Å². The fourth-order valence-corrected chi connectivity index (χ4v) is 2.37. The fraction of sp³-hybridized carbons (Fsp3) is 0.846. The molecule has 0 aromatic rings. The first-order valence-electron chi connectivity index (χ1n) is 5.98. The fourth-order valence-electron chi connectivity index (χ4n) is 2.37. The highest BCUT2D eigenvalue weighted by Crippen LogP contribution is 2.19. The molecule has 0 saturated carbocycles. The van der Waals surface area contributed by atoms with E-state index in [0.29, 0.717) is 24.0 Å². The lowest BCUT2D eigenvalue weighted by molar-refractivity contribution is 0.0679. The summed E-state index contributed by atoms with van der Waals surface area (Å²) in [5.74, 6) is 3.46. The third-order valence-corrected chi connectivity index (χ3v) is 3.34. The van der Waals surface area contributed by atoms with Gasteiger partial charge in [-0.15, -0.1) is 12.3 Å². The normalized spacial score (nSPS) is 30.1. The molecule has 1 N–H and O–H groups in total. The van der Waals surface area contributed by atoms with Crippen LogP contribution in [-0.4, -0.2) is 36.1 Å². The molecule has 0 bridgehead atoms. The van der Waals surface area contributed by atoms with Crippen LogP contribution in [0.15, 0.2) is 0 Å². The average Bonchev–Trinajstić information content (AvgIpc) is 2.17. The van der Waals surface area contributed by atoms with Gasteiger partial charge in [-0.3, -0.25) is 4.90 Å². The van der Waals surface area contributed by atoms with Gasteiger partial charge in [-0.05, 0) is 19.8 Å². The Morgan fingerprint density at radius 2 is 2.13 bits per heavy atom. The Morgan fingerprint density at radius 1 is 1.47 bits per heavy atom. The quantitative estimate of drug-likeness (QED) is 0.710. The molecule has 0 aromatic heterocycles. The smallest absolute Gasteiger partial charge is 0.0247 e. The largest absolute Gasteiger partial charge is 0.311 e. The van der Waals surface area contributed by atoms with E-state index in [1.54, 1.807) is 0 Å². The topological polar surface area (TPSA) is 15.3 Å². The Hall–Kier alpha value is -0.520. The number of hydrogen-bond donors (Lipinski definition) is 1. The van der Waals surface area contributed by atoms with E-state index in [1.165, 1.54) is 0 Å². The number of piperazine rings is 1. The van der Waals surface area contributed by atoms with E-state index in [9.17, 15) is 0 Å². The lowest BCUT2D eigenvalue weighted by Gasteiger charge is -2.44. The van der Waals surface area contributed by atoms with Crippen molar-refractivity contribution in [3.8, 4) is 12.3 Å². The van der Waals surface area contributed by atoms with E-state index < -0.39 is 0 Å². The number of hydrogen-bond acceptors (Lipinski definition) is 2. The molecule has 1 aliphatic rings. The molecule has 2 heteroatoms. The van der Waals surface area contributed by atoms with Gasteiger partial charge in [0.15, 0.2) is 0 Å². The monoisotopic (exact) mass is 208 g/mol. The Morgan fingerprint density at radius 3 is 2.67 bits per heavy atom. The molecule has 0 aromatic carbocycles. The molecule has 0 aliphatic carbocycles. The van der Waals surface area contributed by atoms with Crippen LogP contribution < -0.4 is 5.32 Å². The van der Waals surface area contributed by atoms with Gasteiger partial charge in [-0.1, -0.05) is 13.8 Å². The van der Waals surface area contributed by atoms with Crippen molar-refractivity contribution >= 4 is 0 Å². The predicted molar refractivity (Wildman–Crippen MR) is 65.7 cm³/mol. The van der Waals surface area contributed by atoms with Crippen LogP contribution in [-0.2, 0) is 0 Å². The summed E-state index contributed by atoms with van der Waals surface area (Å²) in [4.78, 5) is 2.58. The Balaban J connectivity index is 2.66. The zero-order valence-corrected chi connectivity index (χ0v) is 10.5. The minimum atomic E-state index is 0.506. The average molecular weight is 208 g/mol. The Bertz CT molecular complexity index is 229. The summed E-state index contributed by atoms with van der Waals surface area (Å²) in [5, 5.41) is 3.55. The van der Waals surface area contributed by atoms with Crippen LogP contribution in [0.1, 0.15) is 34.1 Å². The molecule has 86 valence electrons. The summed E-state index contributed by atoms with van der Waals surface area (Å²) < 4.78 is 0. The number of nitrogens with zero attached hydrogens (tertiary/aromatic N) is 1. The molecule has 1 fully saturated rings. The van der Waals surface area contributed by atoms with Crippen LogP contribution in [0.5, 0.6) is 0 Å². The zero-order valence-electron chi connectivity index (χ0n) is 10.5. The summed E-state index contributed by atoms with van der Waals surface area (Å²) in [6.45, 7) is 11.3. The van der Waals surface area contributed by atoms with E-state index in [0.717, 1.165) is 19.5 Å². The van der Waals surface area contributed by atoms with E-state index in [4.69, 9.17) is 6.42 Å². The Labute approximate surface area is 94.4 Å². The van der Waals surface area contributed by atoms with Crippen LogP contribution in [0.4, 0.5) is 0 Å². The molecule has 0 spiro atoms. The molecule has 1 heterocycles. The lowest BCUT2D eigenvalue weighted by Crippen LogP contribution is -2.59. The highest BCUT2D eigenvalue weighted by molar-refractivity contribution is 4.94. The van der Waals surface area contributed by atoms with Crippen LogP contribution in [0, 0.1) is 18.3 Å². The molecule has 1 saturated heterocycles. The Kier molecular flexibility index (Phi) is 4.63. The van der Waals surface area contributed by atoms with Gasteiger partial charge in [0.25, 0.3) is 0 Å². The third kappa shape index (κ3) is 3.22. The first-order chi connectivity index (χ1) is 7.06. The molecular weight excluding hydrogens is 184 g/mol. The predicted octanol–water partition coefficient (Wildman–Crippen LogP) is 1.72. The van der Waals surface area contributed by atoms with Crippen molar-refractivity contribution < 1.29 is 0 Å². The van der Waals surface area contributed by atoms with Crippen molar-refractivity contribution in [2.24, 2.45) is 5.92 Å². The molecule has 1 rings (SSSR count). The summed E-state index contributed by atoms with van der Waals surface area (Å²) in [6, 6.07) is 1.72. The first kappa shape index (κ1) is 12.5. The molecular formula is C13H24N2. The standard InChI is InChI=1S/C13H24N2/c1-6-7-12(5)15-9-11(4)14-8-13(15)10(2)3/h1,10-14H,7-9H2,2-5H3. The second-order valence-electron chi connectivity index (χ2n) is 5.07. The molecule has 2 nitrogen and oxygen atoms in total. The first-order valence-corrected chi connectivity index (χ1v) is 5.98. The second kappa shape index (κ2) is 5.53. The van der Waals surface area contributed by atoms with E-state index in [2.05, 4.69) is 43.8 Å². The van der Waals surface area contributed by atoms with Crippen LogP contribution in [0.25, 0.3) is 0 Å². The summed E-state index contributed by atoms with van der Waals surface area (Å²) in [6.07, 6.45) is 6.26. The van der Waals surface area contributed by atoms with Gasteiger partial charge >= 0.3 is 0 Å². The third-order valence-electron chi connectivity index (χ3n) is 3.34. The minimum Gasteiger partial charge on any atom is -0.311 e. The zero-order chi connectivity index (χ0) is 11.4. The SMILES string of the molecule is C#CCC(C)N1CC(C)NCC1C(C)C. The summed E-state index contributed by atoms with van der Waals surface area (Å²) in [5.41, 5.74) is 0. The molecule has 3 unspecified atom stereocenters. The molecule has 1 aliphatic heterocycles. The summed E-state index contributed by atoms with van der Waals surface area (Å²) in [7, 11) is 0. The van der Waals surface area contributed by atoms with Crippen molar-refractivity contribution in [2.75, 3.05) is 13.1 Å². The van der Waals surface area contributed by atoms with Crippen LogP contribution >= 0.6 is 0 Å². The van der Waals surface area contributed by atoms with Gasteiger partial charge in [0, 0.05) is 37.6 Å². The van der Waals surface area contributed by atoms with Gasteiger partial charge < -0.3 is 5.32 Å². The maximum Gasteiger partial charge on any atom is 0.0247 e. The van der Waals surface area contributed by atoms with Crippen molar-refractivity contribution in [3.05, 3.63) is 0 Å². The van der Waals surface area contributed by atoms with Crippen LogP contribution in [0.2, 0.25) is 0 Å². The maximum absolute atomic E-state index is 5.40.